The monoisotopic (exact) mass is 262 g/mol. The predicted octanol–water partition coefficient (Wildman–Crippen LogP) is 1.51. The number of nitrogens with zero attached hydrogens (tertiary/aromatic N) is 2. The second kappa shape index (κ2) is 5.86. The molecule has 2 unspecified atom stereocenters. The van der Waals surface area contributed by atoms with E-state index in [2.05, 4.69) is 21.4 Å². The fraction of sp³-hybridized carbons (Fsp3) is 0.643. The molecule has 0 aromatic carbocycles. The summed E-state index contributed by atoms with van der Waals surface area (Å²) < 4.78 is 5.91. The molecule has 1 saturated carbocycles. The van der Waals surface area contributed by atoms with Crippen molar-refractivity contribution in [2.45, 2.75) is 44.4 Å². The van der Waals surface area contributed by atoms with Crippen LogP contribution in [0, 0.1) is 0 Å². The summed E-state index contributed by atoms with van der Waals surface area (Å²) in [6.07, 6.45) is 7.36. The van der Waals surface area contributed by atoms with Gasteiger partial charge in [-0.15, -0.1) is 0 Å². The number of hydrogen-bond acceptors (Lipinski definition) is 5. The molecule has 19 heavy (non-hydrogen) atoms. The Bertz CT molecular complexity index is 424. The largest absolute Gasteiger partial charge is 0.375 e. The summed E-state index contributed by atoms with van der Waals surface area (Å²) in [6.45, 7) is 2.84. The quantitative estimate of drug-likeness (QED) is 0.638. The minimum atomic E-state index is 0.441. The lowest BCUT2D eigenvalue weighted by molar-refractivity contribution is -0.0911. The van der Waals surface area contributed by atoms with Crippen LogP contribution >= 0.6 is 0 Å². The second-order valence-electron chi connectivity index (χ2n) is 5.43. The lowest BCUT2D eigenvalue weighted by Crippen LogP contribution is -2.52. The summed E-state index contributed by atoms with van der Waals surface area (Å²) >= 11 is 0. The summed E-state index contributed by atoms with van der Waals surface area (Å²) in [6, 6.07) is 4.67. The van der Waals surface area contributed by atoms with E-state index >= 15 is 0 Å². The number of hydrazine groups is 1. The number of nitrogens with two attached hydrogens (primary N) is 1. The molecule has 1 aliphatic heterocycles. The summed E-state index contributed by atoms with van der Waals surface area (Å²) in [5, 5.41) is 0. The first-order valence-electron chi connectivity index (χ1n) is 7.14. The van der Waals surface area contributed by atoms with Crippen LogP contribution in [-0.4, -0.2) is 35.2 Å². The van der Waals surface area contributed by atoms with Gasteiger partial charge in [0.25, 0.3) is 0 Å². The number of morpholine rings is 1. The third kappa shape index (κ3) is 2.88. The second-order valence-corrected chi connectivity index (χ2v) is 5.43. The van der Waals surface area contributed by atoms with E-state index in [0.29, 0.717) is 12.1 Å². The van der Waals surface area contributed by atoms with E-state index in [4.69, 9.17) is 10.6 Å². The number of anilines is 1. The van der Waals surface area contributed by atoms with E-state index in [-0.39, 0.29) is 0 Å². The van der Waals surface area contributed by atoms with Crippen LogP contribution in [-0.2, 0) is 11.3 Å². The van der Waals surface area contributed by atoms with Crippen molar-refractivity contribution in [3.8, 4) is 0 Å². The van der Waals surface area contributed by atoms with Gasteiger partial charge in [-0.2, -0.15) is 0 Å². The molecule has 1 aromatic rings. The molecule has 104 valence electrons. The average molecular weight is 262 g/mol. The van der Waals surface area contributed by atoms with Gasteiger partial charge >= 0.3 is 0 Å². The van der Waals surface area contributed by atoms with Gasteiger partial charge in [-0.05, 0) is 30.5 Å². The first kappa shape index (κ1) is 12.8. The smallest absolute Gasteiger partial charge is 0.140 e. The van der Waals surface area contributed by atoms with E-state index in [0.717, 1.165) is 25.5 Å². The highest BCUT2D eigenvalue weighted by molar-refractivity contribution is 5.35. The van der Waals surface area contributed by atoms with Crippen LogP contribution in [0.3, 0.4) is 0 Å². The molecule has 0 spiro atoms. The Balaban J connectivity index is 1.70. The van der Waals surface area contributed by atoms with E-state index in [1.807, 2.05) is 12.3 Å². The van der Waals surface area contributed by atoms with Crippen LogP contribution in [0.1, 0.15) is 31.2 Å². The Kier molecular flexibility index (Phi) is 3.96. The van der Waals surface area contributed by atoms with Crippen molar-refractivity contribution < 1.29 is 4.74 Å². The number of ether oxygens (including phenoxy) is 1. The van der Waals surface area contributed by atoms with Crippen molar-refractivity contribution in [3.63, 3.8) is 0 Å². The van der Waals surface area contributed by atoms with Gasteiger partial charge in [0.15, 0.2) is 0 Å². The Labute approximate surface area is 114 Å². The molecule has 0 radical (unpaired) electrons. The van der Waals surface area contributed by atoms with E-state index in [9.17, 15) is 0 Å². The first-order valence-corrected chi connectivity index (χ1v) is 7.14. The van der Waals surface area contributed by atoms with Gasteiger partial charge < -0.3 is 10.2 Å². The normalized spacial score (nSPS) is 27.8. The number of hydrogen-bond donors (Lipinski definition) is 2. The highest BCUT2D eigenvalue weighted by Crippen LogP contribution is 2.29. The van der Waals surface area contributed by atoms with Crippen molar-refractivity contribution in [3.05, 3.63) is 23.9 Å². The zero-order valence-corrected chi connectivity index (χ0v) is 11.2. The lowest BCUT2D eigenvalue weighted by Gasteiger charge is -2.43. The minimum Gasteiger partial charge on any atom is -0.375 e. The molecule has 1 aliphatic carbocycles. The number of pyridine rings is 1. The minimum absolute atomic E-state index is 0.441. The molecule has 2 fully saturated rings. The summed E-state index contributed by atoms with van der Waals surface area (Å²) in [4.78, 5) is 6.71. The van der Waals surface area contributed by atoms with Gasteiger partial charge in [-0.3, -0.25) is 4.90 Å². The SMILES string of the molecule is NNc1cc(CN2CCOC3CCCCC32)ccn1. The maximum atomic E-state index is 5.91. The molecular weight excluding hydrogens is 240 g/mol. The Hall–Kier alpha value is -1.17. The molecular formula is C14H22N4O. The van der Waals surface area contributed by atoms with Gasteiger partial charge in [0.1, 0.15) is 5.82 Å². The van der Waals surface area contributed by atoms with Gasteiger partial charge in [0, 0.05) is 25.3 Å². The Morgan fingerprint density at radius 3 is 3.21 bits per heavy atom. The molecule has 0 bridgehead atoms. The summed E-state index contributed by atoms with van der Waals surface area (Å²) in [5.74, 6) is 6.14. The fourth-order valence-electron chi connectivity index (χ4n) is 3.26. The van der Waals surface area contributed by atoms with Crippen LogP contribution in [0.25, 0.3) is 0 Å². The standard InChI is InChI=1S/C14H22N4O/c15-17-14-9-11(5-6-16-14)10-18-7-8-19-13-4-2-1-3-12(13)18/h5-6,9,12-13H,1-4,7-8,10,15H2,(H,16,17). The fourth-order valence-corrected chi connectivity index (χ4v) is 3.26. The Morgan fingerprint density at radius 2 is 2.32 bits per heavy atom. The molecule has 2 atom stereocenters. The number of rotatable bonds is 3. The maximum Gasteiger partial charge on any atom is 0.140 e. The van der Waals surface area contributed by atoms with Crippen LogP contribution in [0.2, 0.25) is 0 Å². The molecule has 0 amide bonds. The van der Waals surface area contributed by atoms with Gasteiger partial charge in [0.2, 0.25) is 0 Å². The van der Waals surface area contributed by atoms with Gasteiger partial charge in [-0.1, -0.05) is 12.8 Å². The first-order chi connectivity index (χ1) is 9.36. The molecule has 2 heterocycles. The third-order valence-corrected chi connectivity index (χ3v) is 4.21. The number of nitrogens with one attached hydrogen (secondary N) is 1. The van der Waals surface area contributed by atoms with Crippen LogP contribution in [0.4, 0.5) is 5.82 Å². The maximum absolute atomic E-state index is 5.91. The molecule has 5 nitrogen and oxygen atoms in total. The number of nitrogen functional groups attached to an aromatic ring is 1. The van der Waals surface area contributed by atoms with Crippen molar-refractivity contribution >= 4 is 5.82 Å². The van der Waals surface area contributed by atoms with Crippen LogP contribution in [0.15, 0.2) is 18.3 Å². The summed E-state index contributed by atoms with van der Waals surface area (Å²) in [7, 11) is 0. The van der Waals surface area contributed by atoms with Crippen LogP contribution < -0.4 is 11.3 Å². The Morgan fingerprint density at radius 1 is 1.42 bits per heavy atom. The summed E-state index contributed by atoms with van der Waals surface area (Å²) in [5.41, 5.74) is 3.87. The average Bonchev–Trinajstić information content (AvgIpc) is 2.48. The molecule has 3 N–H and O–H groups in total. The van der Waals surface area contributed by atoms with Gasteiger partial charge in [-0.25, -0.2) is 10.8 Å². The highest BCUT2D eigenvalue weighted by atomic mass is 16.5. The molecule has 3 rings (SSSR count). The van der Waals surface area contributed by atoms with Crippen molar-refractivity contribution in [1.82, 2.24) is 9.88 Å². The molecule has 1 saturated heterocycles. The highest BCUT2D eigenvalue weighted by Gasteiger charge is 2.33. The van der Waals surface area contributed by atoms with Crippen molar-refractivity contribution in [2.75, 3.05) is 18.6 Å². The molecule has 1 aromatic heterocycles. The number of fused-ring (bicyclic) bond motifs is 1. The van der Waals surface area contributed by atoms with Crippen LogP contribution in [0.5, 0.6) is 0 Å². The lowest BCUT2D eigenvalue weighted by atomic mass is 9.90. The molecule has 2 aliphatic rings. The third-order valence-electron chi connectivity index (χ3n) is 4.21. The number of aromatic nitrogens is 1. The van der Waals surface area contributed by atoms with E-state index in [1.54, 1.807) is 0 Å². The molecule has 5 heteroatoms. The topological polar surface area (TPSA) is 63.4 Å². The van der Waals surface area contributed by atoms with E-state index < -0.39 is 0 Å². The predicted molar refractivity (Wildman–Crippen MR) is 74.5 cm³/mol. The van der Waals surface area contributed by atoms with Crippen molar-refractivity contribution in [1.29, 1.82) is 0 Å². The van der Waals surface area contributed by atoms with Gasteiger partial charge in [0.05, 0.1) is 12.7 Å². The zero-order chi connectivity index (χ0) is 13.1. The zero-order valence-electron chi connectivity index (χ0n) is 11.2. The van der Waals surface area contributed by atoms with E-state index in [1.165, 1.54) is 31.2 Å². The van der Waals surface area contributed by atoms with Crippen molar-refractivity contribution in [2.24, 2.45) is 5.84 Å².